The van der Waals surface area contributed by atoms with E-state index in [9.17, 15) is 0 Å². The smallest absolute Gasteiger partial charge is 0.161 e. The molecular formula is C24H24ClNO2. The second kappa shape index (κ2) is 9.43. The van der Waals surface area contributed by atoms with Gasteiger partial charge >= 0.3 is 0 Å². The molecule has 0 fully saturated rings. The minimum Gasteiger partial charge on any atom is -0.490 e. The molecule has 4 heteroatoms. The van der Waals surface area contributed by atoms with Crippen LogP contribution in [0.1, 0.15) is 29.2 Å². The lowest BCUT2D eigenvalue weighted by molar-refractivity contribution is 0.269. The fraction of sp³-hybridized carbons (Fsp3) is 0.208. The van der Waals surface area contributed by atoms with Gasteiger partial charge in [-0.2, -0.15) is 0 Å². The molecule has 0 unspecified atom stereocenters. The minimum absolute atomic E-state index is 0.496. The first kappa shape index (κ1) is 20.0. The zero-order valence-electron chi connectivity index (χ0n) is 16.4. The molecule has 0 aromatic heterocycles. The van der Waals surface area contributed by atoms with E-state index in [4.69, 9.17) is 21.1 Å². The lowest BCUT2D eigenvalue weighted by Gasteiger charge is -2.13. The van der Waals surface area contributed by atoms with Crippen LogP contribution in [0, 0.1) is 13.8 Å². The lowest BCUT2D eigenvalue weighted by Crippen LogP contribution is -2.00. The number of benzene rings is 3. The van der Waals surface area contributed by atoms with Crippen molar-refractivity contribution in [2.24, 2.45) is 4.99 Å². The molecule has 0 bridgehead atoms. The maximum absolute atomic E-state index is 6.17. The number of aryl methyl sites for hydroxylation is 1. The van der Waals surface area contributed by atoms with Crippen LogP contribution in [0.25, 0.3) is 0 Å². The van der Waals surface area contributed by atoms with E-state index in [1.165, 1.54) is 5.56 Å². The van der Waals surface area contributed by atoms with Gasteiger partial charge in [-0.05, 0) is 67.8 Å². The average molecular weight is 394 g/mol. The summed E-state index contributed by atoms with van der Waals surface area (Å²) < 4.78 is 11.8. The fourth-order valence-corrected chi connectivity index (χ4v) is 2.89. The van der Waals surface area contributed by atoms with Crippen molar-refractivity contribution < 1.29 is 9.47 Å². The molecular weight excluding hydrogens is 370 g/mol. The first-order chi connectivity index (χ1) is 13.6. The molecule has 0 saturated carbocycles. The maximum Gasteiger partial charge on any atom is 0.161 e. The Labute approximate surface area is 171 Å². The lowest BCUT2D eigenvalue weighted by atomic mass is 10.1. The van der Waals surface area contributed by atoms with Crippen molar-refractivity contribution in [3.05, 3.63) is 87.9 Å². The van der Waals surface area contributed by atoms with Crippen LogP contribution in [0.2, 0.25) is 5.02 Å². The van der Waals surface area contributed by atoms with E-state index in [0.717, 1.165) is 28.1 Å². The third-order valence-corrected chi connectivity index (χ3v) is 4.78. The van der Waals surface area contributed by atoms with Crippen molar-refractivity contribution in [1.82, 2.24) is 0 Å². The van der Waals surface area contributed by atoms with Gasteiger partial charge < -0.3 is 9.47 Å². The van der Waals surface area contributed by atoms with Crippen molar-refractivity contribution in [3.8, 4) is 11.5 Å². The predicted molar refractivity (Wildman–Crippen MR) is 117 cm³/mol. The standard InChI is InChI=1S/C24H24ClNO2/c1-4-27-24-14-20(15-26-22-7-5-6-21(25)18(22)3)12-13-23(24)28-16-19-10-8-17(2)9-11-19/h5-15H,4,16H2,1-3H3. The Morgan fingerprint density at radius 2 is 1.71 bits per heavy atom. The van der Waals surface area contributed by atoms with Crippen LogP contribution in [-0.4, -0.2) is 12.8 Å². The largest absolute Gasteiger partial charge is 0.490 e. The van der Waals surface area contributed by atoms with E-state index in [1.54, 1.807) is 0 Å². The molecule has 0 heterocycles. The Morgan fingerprint density at radius 1 is 0.929 bits per heavy atom. The molecule has 3 aromatic rings. The summed E-state index contributed by atoms with van der Waals surface area (Å²) in [4.78, 5) is 4.56. The molecule has 0 atom stereocenters. The van der Waals surface area contributed by atoms with Gasteiger partial charge in [-0.3, -0.25) is 4.99 Å². The van der Waals surface area contributed by atoms with Gasteiger partial charge in [-0.25, -0.2) is 0 Å². The normalized spacial score (nSPS) is 11.0. The summed E-state index contributed by atoms with van der Waals surface area (Å²) >= 11 is 6.17. The Balaban J connectivity index is 1.77. The van der Waals surface area contributed by atoms with Crippen LogP contribution < -0.4 is 9.47 Å². The van der Waals surface area contributed by atoms with E-state index >= 15 is 0 Å². The van der Waals surface area contributed by atoms with Gasteiger partial charge in [0.15, 0.2) is 11.5 Å². The molecule has 0 N–H and O–H groups in total. The molecule has 0 aliphatic heterocycles. The van der Waals surface area contributed by atoms with Gasteiger partial charge in [0.25, 0.3) is 0 Å². The molecule has 0 aliphatic carbocycles. The second-order valence-electron chi connectivity index (χ2n) is 6.56. The van der Waals surface area contributed by atoms with Crippen LogP contribution >= 0.6 is 11.6 Å². The van der Waals surface area contributed by atoms with Gasteiger partial charge in [0, 0.05) is 11.2 Å². The molecule has 28 heavy (non-hydrogen) atoms. The van der Waals surface area contributed by atoms with Crippen molar-refractivity contribution >= 4 is 23.5 Å². The summed E-state index contributed by atoms with van der Waals surface area (Å²) in [5.41, 5.74) is 5.10. The van der Waals surface area contributed by atoms with Gasteiger partial charge in [-0.1, -0.05) is 47.5 Å². The molecule has 0 aliphatic rings. The fourth-order valence-electron chi connectivity index (χ4n) is 2.72. The third kappa shape index (κ3) is 5.14. The number of aliphatic imine (C=N–C) groups is 1. The van der Waals surface area contributed by atoms with Crippen molar-refractivity contribution in [3.63, 3.8) is 0 Å². The number of halogens is 1. The highest BCUT2D eigenvalue weighted by Crippen LogP contribution is 2.30. The summed E-state index contributed by atoms with van der Waals surface area (Å²) in [6.07, 6.45) is 1.81. The van der Waals surface area contributed by atoms with Crippen molar-refractivity contribution in [2.75, 3.05) is 6.61 Å². The zero-order chi connectivity index (χ0) is 19.9. The first-order valence-electron chi connectivity index (χ1n) is 9.31. The SMILES string of the molecule is CCOc1cc(C=Nc2cccc(Cl)c2C)ccc1OCc1ccc(C)cc1. The third-order valence-electron chi connectivity index (χ3n) is 4.37. The van der Waals surface area contributed by atoms with Crippen LogP contribution in [0.5, 0.6) is 11.5 Å². The molecule has 3 aromatic carbocycles. The highest BCUT2D eigenvalue weighted by atomic mass is 35.5. The quantitative estimate of drug-likeness (QED) is 0.419. The van der Waals surface area contributed by atoms with Crippen LogP contribution in [0.15, 0.2) is 65.7 Å². The van der Waals surface area contributed by atoms with Gasteiger partial charge in [0.2, 0.25) is 0 Å². The summed E-state index contributed by atoms with van der Waals surface area (Å²) in [5.74, 6) is 1.43. The number of nitrogens with zero attached hydrogens (tertiary/aromatic N) is 1. The van der Waals surface area contributed by atoms with Crippen molar-refractivity contribution in [1.29, 1.82) is 0 Å². The van der Waals surface area contributed by atoms with Gasteiger partial charge in [0.05, 0.1) is 12.3 Å². The highest BCUT2D eigenvalue weighted by molar-refractivity contribution is 6.31. The number of ether oxygens (including phenoxy) is 2. The van der Waals surface area contributed by atoms with Gasteiger partial charge in [-0.15, -0.1) is 0 Å². The molecule has 0 spiro atoms. The number of hydrogen-bond donors (Lipinski definition) is 0. The summed E-state index contributed by atoms with van der Waals surface area (Å²) in [6, 6.07) is 19.9. The van der Waals surface area contributed by atoms with Crippen LogP contribution in [-0.2, 0) is 6.61 Å². The molecule has 3 nitrogen and oxygen atoms in total. The predicted octanol–water partition coefficient (Wildman–Crippen LogP) is 6.69. The topological polar surface area (TPSA) is 30.8 Å². The maximum atomic E-state index is 6.17. The molecule has 144 valence electrons. The molecule has 0 amide bonds. The molecule has 3 rings (SSSR count). The monoisotopic (exact) mass is 393 g/mol. The number of rotatable bonds is 7. The zero-order valence-corrected chi connectivity index (χ0v) is 17.2. The van der Waals surface area contributed by atoms with E-state index in [0.29, 0.717) is 24.0 Å². The Morgan fingerprint density at radius 3 is 2.46 bits per heavy atom. The summed E-state index contributed by atoms with van der Waals surface area (Å²) in [7, 11) is 0. The second-order valence-corrected chi connectivity index (χ2v) is 6.96. The minimum atomic E-state index is 0.496. The Bertz CT molecular complexity index is 965. The Kier molecular flexibility index (Phi) is 6.72. The van der Waals surface area contributed by atoms with Crippen LogP contribution in [0.4, 0.5) is 5.69 Å². The molecule has 0 saturated heterocycles. The van der Waals surface area contributed by atoms with E-state index in [1.807, 2.05) is 56.5 Å². The Hall–Kier alpha value is -2.78. The van der Waals surface area contributed by atoms with Gasteiger partial charge in [0.1, 0.15) is 6.61 Å². The van der Waals surface area contributed by atoms with Crippen LogP contribution in [0.3, 0.4) is 0 Å². The first-order valence-corrected chi connectivity index (χ1v) is 9.69. The highest BCUT2D eigenvalue weighted by Gasteiger charge is 2.07. The summed E-state index contributed by atoms with van der Waals surface area (Å²) in [6.45, 7) is 7.05. The molecule has 0 radical (unpaired) electrons. The summed E-state index contributed by atoms with van der Waals surface area (Å²) in [5, 5.41) is 0.713. The van der Waals surface area contributed by atoms with E-state index in [-0.39, 0.29) is 0 Å². The number of hydrogen-bond acceptors (Lipinski definition) is 3. The van der Waals surface area contributed by atoms with Crippen molar-refractivity contribution in [2.45, 2.75) is 27.4 Å². The van der Waals surface area contributed by atoms with E-state index in [2.05, 4.69) is 36.2 Å². The van der Waals surface area contributed by atoms with E-state index < -0.39 is 0 Å². The average Bonchev–Trinajstić information content (AvgIpc) is 2.70.